The first-order valence-electron chi connectivity index (χ1n) is 0.408. The van der Waals surface area contributed by atoms with E-state index < -0.39 is 0 Å². The van der Waals surface area contributed by atoms with Crippen molar-refractivity contribution in [1.82, 2.24) is 0 Å². The topological polar surface area (TPSA) is 54.1 Å². The Hall–Kier alpha value is 3.06. The fourth-order valence-electron chi connectivity index (χ4n) is 0. The van der Waals surface area contributed by atoms with Gasteiger partial charge >= 0.3 is 80.9 Å². The summed E-state index contributed by atoms with van der Waals surface area (Å²) in [5, 5.41) is 8.38. The number of halogens is 2. The Morgan fingerprint density at radius 1 is 1.22 bits per heavy atom. The van der Waals surface area contributed by atoms with E-state index in [0.717, 1.165) is 0 Å². The molecule has 0 aromatic carbocycles. The van der Waals surface area contributed by atoms with Crippen molar-refractivity contribution in [3.05, 3.63) is 10.1 Å². The second-order valence-electron chi connectivity index (χ2n) is 0.0833. The molecule has 0 saturated heterocycles. The minimum atomic E-state index is 0. The third-order valence-electron chi connectivity index (χ3n) is 0. The van der Waals surface area contributed by atoms with Gasteiger partial charge in [0.15, 0.2) is 0 Å². The molecule has 0 rings (SSSR count). The smallest absolute Gasteiger partial charge is 1.00 e. The van der Waals surface area contributed by atoms with E-state index in [1.165, 1.54) is 0 Å². The summed E-state index contributed by atoms with van der Waals surface area (Å²) in [7, 11) is 0. The average molecular weight is 305 g/mol. The van der Waals surface area contributed by atoms with Crippen LogP contribution in [0, 0.1) is 10.1 Å². The monoisotopic (exact) mass is 304 g/mol. The Morgan fingerprint density at radius 3 is 1.22 bits per heavy atom. The van der Waals surface area contributed by atoms with E-state index in [1.54, 1.807) is 0 Å². The fourth-order valence-corrected chi connectivity index (χ4v) is 0. The molecule has 0 atom stereocenters. The summed E-state index contributed by atoms with van der Waals surface area (Å²) in [6.07, 6.45) is 0. The van der Waals surface area contributed by atoms with Gasteiger partial charge in [-0.1, -0.05) is 14.9 Å². The molecule has 0 aromatic rings. The normalized spacial score (nSPS) is 1.33. The Labute approximate surface area is 144 Å². The van der Waals surface area contributed by atoms with E-state index in [-0.39, 0.29) is 138 Å². The molecule has 0 spiro atoms. The molecule has 0 aliphatic carbocycles. The van der Waals surface area contributed by atoms with Gasteiger partial charge in [0.2, 0.25) is 0 Å². The second kappa shape index (κ2) is 68.0. The zero-order valence-corrected chi connectivity index (χ0v) is 12.2. The summed E-state index contributed by atoms with van der Waals surface area (Å²) in [5.74, 6) is 0. The van der Waals surface area contributed by atoms with Crippen LogP contribution in [0.25, 0.3) is 0 Å². The molecule has 0 fully saturated rings. The minimum absolute atomic E-state index is 0. The van der Waals surface area contributed by atoms with Gasteiger partial charge in [-0.3, -0.25) is 10.1 Å². The molecule has 0 aromatic heterocycles. The van der Waals surface area contributed by atoms with Crippen LogP contribution in [0.1, 0.15) is 14.9 Å². The molecule has 0 heterocycles. The van der Waals surface area contributed by atoms with Crippen LogP contribution in [0.4, 0.5) is 0 Å². The van der Waals surface area contributed by atoms with Crippen molar-refractivity contribution < 1.29 is 110 Å². The molecule has 7 heteroatoms. The second-order valence-corrected chi connectivity index (χ2v) is 0.0833. The summed E-state index contributed by atoms with van der Waals surface area (Å²) in [4.78, 5) is 8.12. The van der Waals surface area contributed by atoms with Gasteiger partial charge in [-0.2, -0.15) is 0 Å². The molecule has 0 unspecified atom stereocenters. The van der Waals surface area contributed by atoms with Crippen LogP contribution in [0.5, 0.6) is 0 Å². The first-order valence-corrected chi connectivity index (χ1v) is 0.408. The summed E-state index contributed by atoms with van der Waals surface area (Å²) < 4.78 is 0. The van der Waals surface area contributed by atoms with E-state index in [2.05, 4.69) is 0 Å². The quantitative estimate of drug-likeness (QED) is 0.209. The van der Waals surface area contributed by atoms with E-state index in [0.29, 0.717) is 0 Å². The van der Waals surface area contributed by atoms with E-state index in [9.17, 15) is 0 Å². The Balaban J connectivity index is -0.00000000133. The number of hydrogen-bond acceptors (Lipinski definition) is 2. The maximum atomic E-state index is 8.12. The van der Waals surface area contributed by atoms with Gasteiger partial charge < -0.3 is 24.0 Å². The Kier molecular flexibility index (Phi) is 435. The third kappa shape index (κ3) is 97.1. The van der Waals surface area contributed by atoms with Gasteiger partial charge in [-0.05, 0) is 0 Å². The van der Waals surface area contributed by atoms with Crippen LogP contribution in [-0.2, 0) is 0 Å². The van der Waals surface area contributed by atoms with Gasteiger partial charge in [0.1, 0.15) is 0 Å². The van der Waals surface area contributed by atoms with Gasteiger partial charge in [0, 0.05) is 5.34 Å². The van der Waals surface area contributed by atoms with Crippen LogP contribution in [-0.4, -0.2) is 0 Å². The first kappa shape index (κ1) is 57.6. The summed E-state index contributed by atoms with van der Waals surface area (Å²) >= 11 is 0. The standard InChI is InChI=1S/2CH4.ClH.HI.K.HNO2.Na/c;;;;;2-1-3;/h2*1H4;2*1H;;1H;/q;;;;+1;;+1/p-1. The average Bonchev–Trinajstić information content (AvgIpc) is 0.918. The van der Waals surface area contributed by atoms with Crippen LogP contribution in [0.3, 0.4) is 0 Å². The summed E-state index contributed by atoms with van der Waals surface area (Å²) in [6, 6.07) is 0. The summed E-state index contributed by atoms with van der Waals surface area (Å²) in [6.45, 7) is 0. The molecule has 0 saturated carbocycles. The van der Waals surface area contributed by atoms with Gasteiger partial charge in [0.05, 0.1) is 0 Å². The van der Waals surface area contributed by atoms with Crippen molar-refractivity contribution in [3.63, 3.8) is 0 Å². The maximum Gasteiger partial charge on any atom is 1.00 e. The molecule has 0 aliphatic rings. The van der Waals surface area contributed by atoms with Crippen molar-refractivity contribution in [1.29, 1.82) is 0 Å². The summed E-state index contributed by atoms with van der Waals surface area (Å²) in [5.41, 5.74) is 0. The van der Waals surface area contributed by atoms with Crippen molar-refractivity contribution in [2.24, 2.45) is 0 Å². The molecule has 3 nitrogen and oxygen atoms in total. The predicted octanol–water partition coefficient (Wildman–Crippen LogP) is -8.96. The SMILES string of the molecule is C.C.Cl.O=[NH+][O-].[I-].[K+].[Na+]. The molecule has 0 aliphatic heterocycles. The number of nitrogens with one attached hydrogen (secondary N) is 1. The van der Waals surface area contributed by atoms with E-state index in [4.69, 9.17) is 10.1 Å². The molecular formula is C2H10ClIKNNaO2+. The zero-order chi connectivity index (χ0) is 2.71. The Morgan fingerprint density at radius 2 is 1.22 bits per heavy atom. The maximum absolute atomic E-state index is 8.12. The third-order valence-corrected chi connectivity index (χ3v) is 0. The van der Waals surface area contributed by atoms with Gasteiger partial charge in [-0.15, -0.1) is 12.4 Å². The molecule has 0 bridgehead atoms. The van der Waals surface area contributed by atoms with Crippen molar-refractivity contribution >= 4 is 12.4 Å². The van der Waals surface area contributed by atoms with E-state index >= 15 is 0 Å². The molecule has 0 amide bonds. The van der Waals surface area contributed by atoms with Gasteiger partial charge in [-0.25, -0.2) is 0 Å². The molecule has 9 heavy (non-hydrogen) atoms. The fraction of sp³-hybridized carbons (Fsp3) is 1.00. The molecular weight excluding hydrogens is 294 g/mol. The molecule has 50 valence electrons. The molecule has 1 N–H and O–H groups in total. The van der Waals surface area contributed by atoms with E-state index in [1.807, 2.05) is 0 Å². The number of rotatable bonds is 0. The van der Waals surface area contributed by atoms with Crippen LogP contribution in [0.2, 0.25) is 0 Å². The zero-order valence-electron chi connectivity index (χ0n) is 4.10. The van der Waals surface area contributed by atoms with Crippen LogP contribution < -0.4 is 110 Å². The largest absolute Gasteiger partial charge is 1.00 e. The van der Waals surface area contributed by atoms with Crippen LogP contribution in [0.15, 0.2) is 0 Å². The van der Waals surface area contributed by atoms with Crippen molar-refractivity contribution in [2.75, 3.05) is 0 Å². The Bertz CT molecular complexity index is 32.0. The van der Waals surface area contributed by atoms with Gasteiger partial charge in [0.25, 0.3) is 0 Å². The van der Waals surface area contributed by atoms with Crippen molar-refractivity contribution in [2.45, 2.75) is 14.9 Å². The first-order chi connectivity index (χ1) is 1.41. The van der Waals surface area contributed by atoms with Crippen LogP contribution >= 0.6 is 12.4 Å². The minimum Gasteiger partial charge on any atom is -1.00 e. The predicted molar refractivity (Wildman–Crippen MR) is 28.4 cm³/mol. The molecule has 0 radical (unpaired) electrons. The van der Waals surface area contributed by atoms with Crippen molar-refractivity contribution in [3.8, 4) is 0 Å². The number of hydrogen-bond donors (Lipinski definition) is 1.